The van der Waals surface area contributed by atoms with Gasteiger partial charge in [-0.2, -0.15) is 0 Å². The Labute approximate surface area is 108 Å². The highest BCUT2D eigenvalue weighted by atomic mass is 16.6. The van der Waals surface area contributed by atoms with Gasteiger partial charge in [0.1, 0.15) is 13.2 Å². The molecule has 0 fully saturated rings. The van der Waals surface area contributed by atoms with E-state index in [1.807, 2.05) is 7.05 Å². The molecule has 1 unspecified atom stereocenters. The largest absolute Gasteiger partial charge is 0.486 e. The second-order valence-electron chi connectivity index (χ2n) is 4.62. The van der Waals surface area contributed by atoms with Crippen molar-refractivity contribution >= 4 is 0 Å². The fraction of sp³-hybridized carbons (Fsp3) is 0.571. The second kappa shape index (κ2) is 6.07. The van der Waals surface area contributed by atoms with E-state index < -0.39 is 0 Å². The summed E-state index contributed by atoms with van der Waals surface area (Å²) in [4.78, 5) is 0. The van der Waals surface area contributed by atoms with E-state index in [1.165, 1.54) is 11.1 Å². The third-order valence-corrected chi connectivity index (χ3v) is 3.35. The molecular weight excluding hydrogens is 228 g/mol. The maximum absolute atomic E-state index is 5.64. The maximum Gasteiger partial charge on any atom is 0.161 e. The summed E-state index contributed by atoms with van der Waals surface area (Å²) in [7, 11) is 1.98. The summed E-state index contributed by atoms with van der Waals surface area (Å²) in [6.07, 6.45) is 2.05. The predicted molar refractivity (Wildman–Crippen MR) is 72.3 cm³/mol. The topological polar surface area (TPSA) is 56.5 Å². The van der Waals surface area contributed by atoms with Crippen LogP contribution in [0.2, 0.25) is 0 Å². The van der Waals surface area contributed by atoms with Gasteiger partial charge in [0.15, 0.2) is 11.5 Å². The van der Waals surface area contributed by atoms with Crippen molar-refractivity contribution in [1.29, 1.82) is 0 Å². The molecular formula is C14H22N2O2. The van der Waals surface area contributed by atoms with E-state index in [0.717, 1.165) is 30.9 Å². The monoisotopic (exact) mass is 250 g/mol. The van der Waals surface area contributed by atoms with Gasteiger partial charge in [0.25, 0.3) is 0 Å². The summed E-state index contributed by atoms with van der Waals surface area (Å²) < 4.78 is 11.2. The van der Waals surface area contributed by atoms with Gasteiger partial charge in [0.2, 0.25) is 0 Å². The van der Waals surface area contributed by atoms with E-state index in [4.69, 9.17) is 15.2 Å². The van der Waals surface area contributed by atoms with Crippen LogP contribution < -0.4 is 20.5 Å². The zero-order valence-electron chi connectivity index (χ0n) is 11.2. The minimum atomic E-state index is 0.323. The van der Waals surface area contributed by atoms with Crippen LogP contribution in [0.25, 0.3) is 0 Å². The number of ether oxygens (including phenoxy) is 2. The Bertz CT molecular complexity index is 407. The standard InChI is InChI=1S/C14H22N2O2/c1-10-8-13-14(18-7-6-17-13)9-11(10)12(16-2)4-3-5-15/h8-9,12,16H,3-7,15H2,1-2H3. The molecule has 18 heavy (non-hydrogen) atoms. The minimum absolute atomic E-state index is 0.323. The van der Waals surface area contributed by atoms with Crippen LogP contribution in [0.1, 0.15) is 30.0 Å². The van der Waals surface area contributed by atoms with Crippen molar-refractivity contribution in [3.8, 4) is 11.5 Å². The average Bonchev–Trinajstić information content (AvgIpc) is 2.40. The van der Waals surface area contributed by atoms with Crippen LogP contribution in [-0.4, -0.2) is 26.8 Å². The molecule has 1 aliphatic rings. The molecule has 2 rings (SSSR count). The molecule has 1 aromatic rings. The molecule has 0 saturated carbocycles. The third kappa shape index (κ3) is 2.76. The highest BCUT2D eigenvalue weighted by Gasteiger charge is 2.18. The summed E-state index contributed by atoms with van der Waals surface area (Å²) in [6.45, 7) is 4.10. The zero-order chi connectivity index (χ0) is 13.0. The first-order valence-corrected chi connectivity index (χ1v) is 6.53. The normalized spacial score (nSPS) is 15.5. The van der Waals surface area contributed by atoms with Gasteiger partial charge in [-0.25, -0.2) is 0 Å². The molecule has 3 N–H and O–H groups in total. The van der Waals surface area contributed by atoms with Crippen molar-refractivity contribution in [1.82, 2.24) is 5.32 Å². The minimum Gasteiger partial charge on any atom is -0.486 e. The van der Waals surface area contributed by atoms with Crippen molar-refractivity contribution < 1.29 is 9.47 Å². The Morgan fingerprint density at radius 1 is 1.28 bits per heavy atom. The van der Waals surface area contributed by atoms with Gasteiger partial charge in [-0.15, -0.1) is 0 Å². The highest BCUT2D eigenvalue weighted by molar-refractivity contribution is 5.48. The van der Waals surface area contributed by atoms with E-state index in [9.17, 15) is 0 Å². The molecule has 1 aromatic carbocycles. The van der Waals surface area contributed by atoms with Gasteiger partial charge in [-0.05, 0) is 56.6 Å². The van der Waals surface area contributed by atoms with Crippen molar-refractivity contribution in [2.75, 3.05) is 26.8 Å². The SMILES string of the molecule is CNC(CCCN)c1cc2c(cc1C)OCCO2. The van der Waals surface area contributed by atoms with Gasteiger partial charge >= 0.3 is 0 Å². The molecule has 1 atom stereocenters. The molecule has 0 radical (unpaired) electrons. The lowest BCUT2D eigenvalue weighted by Gasteiger charge is -2.24. The van der Waals surface area contributed by atoms with Crippen LogP contribution in [-0.2, 0) is 0 Å². The fourth-order valence-corrected chi connectivity index (χ4v) is 2.36. The first-order chi connectivity index (χ1) is 8.76. The lowest BCUT2D eigenvalue weighted by atomic mass is 9.96. The number of fused-ring (bicyclic) bond motifs is 1. The van der Waals surface area contributed by atoms with Gasteiger partial charge in [0.05, 0.1) is 0 Å². The molecule has 0 aromatic heterocycles. The molecule has 1 heterocycles. The number of hydrogen-bond acceptors (Lipinski definition) is 4. The van der Waals surface area contributed by atoms with Crippen LogP contribution in [0.3, 0.4) is 0 Å². The summed E-state index contributed by atoms with van der Waals surface area (Å²) in [6, 6.07) is 4.49. The molecule has 1 aliphatic heterocycles. The third-order valence-electron chi connectivity index (χ3n) is 3.35. The first-order valence-electron chi connectivity index (χ1n) is 6.53. The Morgan fingerprint density at radius 2 is 1.94 bits per heavy atom. The van der Waals surface area contributed by atoms with E-state index in [0.29, 0.717) is 19.3 Å². The van der Waals surface area contributed by atoms with Crippen LogP contribution >= 0.6 is 0 Å². The number of benzene rings is 1. The first kappa shape index (κ1) is 13.2. The molecule has 0 amide bonds. The molecule has 100 valence electrons. The molecule has 0 spiro atoms. The second-order valence-corrected chi connectivity index (χ2v) is 4.62. The molecule has 0 bridgehead atoms. The smallest absolute Gasteiger partial charge is 0.161 e. The number of aryl methyl sites for hydroxylation is 1. The molecule has 0 aliphatic carbocycles. The fourth-order valence-electron chi connectivity index (χ4n) is 2.36. The van der Waals surface area contributed by atoms with Crippen molar-refractivity contribution in [3.05, 3.63) is 23.3 Å². The van der Waals surface area contributed by atoms with Crippen molar-refractivity contribution in [2.45, 2.75) is 25.8 Å². The quantitative estimate of drug-likeness (QED) is 0.836. The Hall–Kier alpha value is -1.26. The lowest BCUT2D eigenvalue weighted by molar-refractivity contribution is 0.171. The van der Waals surface area contributed by atoms with Crippen molar-refractivity contribution in [3.63, 3.8) is 0 Å². The Morgan fingerprint density at radius 3 is 2.56 bits per heavy atom. The van der Waals surface area contributed by atoms with Crippen molar-refractivity contribution in [2.24, 2.45) is 5.73 Å². The highest BCUT2D eigenvalue weighted by Crippen LogP contribution is 2.35. The molecule has 0 saturated heterocycles. The van der Waals surface area contributed by atoms with Crippen LogP contribution in [0.5, 0.6) is 11.5 Å². The summed E-state index contributed by atoms with van der Waals surface area (Å²) in [5.41, 5.74) is 8.09. The summed E-state index contributed by atoms with van der Waals surface area (Å²) in [5.74, 6) is 1.71. The summed E-state index contributed by atoms with van der Waals surface area (Å²) in [5, 5.41) is 3.35. The number of nitrogens with one attached hydrogen (secondary N) is 1. The Balaban J connectivity index is 2.25. The van der Waals surface area contributed by atoms with Crippen LogP contribution in [0, 0.1) is 6.92 Å². The van der Waals surface area contributed by atoms with E-state index in [1.54, 1.807) is 0 Å². The number of hydrogen-bond donors (Lipinski definition) is 2. The van der Waals surface area contributed by atoms with Gasteiger partial charge < -0.3 is 20.5 Å². The number of rotatable bonds is 5. The van der Waals surface area contributed by atoms with E-state index in [-0.39, 0.29) is 0 Å². The van der Waals surface area contributed by atoms with E-state index >= 15 is 0 Å². The van der Waals surface area contributed by atoms with E-state index in [2.05, 4.69) is 24.4 Å². The lowest BCUT2D eigenvalue weighted by Crippen LogP contribution is -2.20. The molecule has 4 heteroatoms. The van der Waals surface area contributed by atoms with Gasteiger partial charge in [-0.3, -0.25) is 0 Å². The maximum atomic E-state index is 5.64. The van der Waals surface area contributed by atoms with Gasteiger partial charge in [-0.1, -0.05) is 0 Å². The van der Waals surface area contributed by atoms with Gasteiger partial charge in [0, 0.05) is 6.04 Å². The average molecular weight is 250 g/mol. The Kier molecular flexibility index (Phi) is 4.44. The predicted octanol–water partition coefficient (Wildman–Crippen LogP) is 1.77. The summed E-state index contributed by atoms with van der Waals surface area (Å²) >= 11 is 0. The van der Waals surface area contributed by atoms with Crippen LogP contribution in [0.4, 0.5) is 0 Å². The number of nitrogens with two attached hydrogens (primary N) is 1. The molecule has 4 nitrogen and oxygen atoms in total. The zero-order valence-corrected chi connectivity index (χ0v) is 11.2. The van der Waals surface area contributed by atoms with Crippen LogP contribution in [0.15, 0.2) is 12.1 Å².